The third-order valence-corrected chi connectivity index (χ3v) is 11.6. The van der Waals surface area contributed by atoms with E-state index in [-0.39, 0.29) is 31.5 Å². The molecule has 1 unspecified atom stereocenters. The van der Waals surface area contributed by atoms with Gasteiger partial charge in [0.2, 0.25) is 0 Å². The second-order valence-electron chi connectivity index (χ2n) is 16.9. The SMILES string of the molecule is CCCCC/C=C\C/C=C\C/C=C\C=C\C(=O)CCCC(=O)OC[C@H](COP(=O)(O)OC[C@@H](O)COP(=O)(O)O)OC(=O)CCCCCCCCCCCCCCCCCCC(C)C. The zero-order chi connectivity index (χ0) is 47.6. The Morgan fingerprint density at radius 1 is 0.547 bits per heavy atom. The van der Waals surface area contributed by atoms with E-state index in [0.29, 0.717) is 6.42 Å². The number of rotatable bonds is 45. The Bertz CT molecular complexity index is 1390. The molecule has 0 fully saturated rings. The molecule has 0 bridgehead atoms. The Morgan fingerprint density at radius 3 is 1.64 bits per heavy atom. The lowest BCUT2D eigenvalue weighted by Gasteiger charge is -2.20. The van der Waals surface area contributed by atoms with Crippen LogP contribution in [0.25, 0.3) is 0 Å². The highest BCUT2D eigenvalue weighted by Crippen LogP contribution is 2.43. The first-order valence-electron chi connectivity index (χ1n) is 24.1. The number of hydrogen-bond acceptors (Lipinski definition) is 11. The van der Waals surface area contributed by atoms with Crippen molar-refractivity contribution >= 4 is 33.4 Å². The summed E-state index contributed by atoms with van der Waals surface area (Å²) in [6.07, 6.45) is 39.7. The smallest absolute Gasteiger partial charge is 0.462 e. The molecule has 0 aromatic rings. The van der Waals surface area contributed by atoms with Crippen LogP contribution in [0.4, 0.5) is 0 Å². The number of phosphoric ester groups is 2. The topological polar surface area (TPSA) is 212 Å². The van der Waals surface area contributed by atoms with E-state index in [2.05, 4.69) is 54.1 Å². The average molecular weight is 949 g/mol. The molecule has 0 spiro atoms. The van der Waals surface area contributed by atoms with Crippen molar-refractivity contribution < 1.29 is 66.3 Å². The van der Waals surface area contributed by atoms with Gasteiger partial charge in [-0.3, -0.25) is 28.0 Å². The molecule has 0 heterocycles. The number of esters is 2. The summed E-state index contributed by atoms with van der Waals surface area (Å²) in [6, 6.07) is 0. The number of carbonyl (C=O) groups is 3. The summed E-state index contributed by atoms with van der Waals surface area (Å²) in [5.41, 5.74) is 0. The summed E-state index contributed by atoms with van der Waals surface area (Å²) in [4.78, 5) is 65.1. The van der Waals surface area contributed by atoms with Crippen molar-refractivity contribution in [3.8, 4) is 0 Å². The largest absolute Gasteiger partial charge is 0.472 e. The lowest BCUT2D eigenvalue weighted by molar-refractivity contribution is -0.161. The molecule has 0 aliphatic rings. The first-order valence-corrected chi connectivity index (χ1v) is 27.2. The van der Waals surface area contributed by atoms with Crippen molar-refractivity contribution in [3.05, 3.63) is 48.6 Å². The molecule has 0 aromatic carbocycles. The van der Waals surface area contributed by atoms with E-state index in [9.17, 15) is 33.5 Å². The summed E-state index contributed by atoms with van der Waals surface area (Å²) in [5, 5.41) is 9.76. The second-order valence-corrected chi connectivity index (χ2v) is 19.6. The van der Waals surface area contributed by atoms with Crippen LogP contribution in [0.3, 0.4) is 0 Å². The van der Waals surface area contributed by atoms with Crippen molar-refractivity contribution in [1.82, 2.24) is 0 Å². The summed E-state index contributed by atoms with van der Waals surface area (Å²) >= 11 is 0. The zero-order valence-corrected chi connectivity index (χ0v) is 41.3. The molecule has 0 aliphatic carbocycles. The van der Waals surface area contributed by atoms with Gasteiger partial charge in [-0.15, -0.1) is 0 Å². The van der Waals surface area contributed by atoms with Crippen LogP contribution in [0.15, 0.2) is 48.6 Å². The summed E-state index contributed by atoms with van der Waals surface area (Å²) in [5.74, 6) is -0.627. The Labute approximate surface area is 385 Å². The number of unbranched alkanes of at least 4 members (excludes halogenated alkanes) is 18. The maximum absolute atomic E-state index is 12.7. The lowest BCUT2D eigenvalue weighted by Crippen LogP contribution is -2.30. The number of phosphoric acid groups is 2. The Balaban J connectivity index is 4.60. The molecule has 0 saturated carbocycles. The predicted octanol–water partition coefficient (Wildman–Crippen LogP) is 12.0. The van der Waals surface area contributed by atoms with Crippen molar-refractivity contribution in [1.29, 1.82) is 0 Å². The van der Waals surface area contributed by atoms with Crippen LogP contribution in [-0.4, -0.2) is 76.1 Å². The fraction of sp³-hybridized carbons (Fsp3) is 0.771. The van der Waals surface area contributed by atoms with E-state index >= 15 is 0 Å². The fourth-order valence-corrected chi connectivity index (χ4v) is 7.58. The van der Waals surface area contributed by atoms with E-state index in [4.69, 9.17) is 23.8 Å². The molecule has 0 aromatic heterocycles. The van der Waals surface area contributed by atoms with Crippen LogP contribution in [0.1, 0.15) is 194 Å². The minimum absolute atomic E-state index is 0.0831. The van der Waals surface area contributed by atoms with Crippen molar-refractivity contribution in [3.63, 3.8) is 0 Å². The van der Waals surface area contributed by atoms with Gasteiger partial charge in [-0.05, 0) is 50.5 Å². The van der Waals surface area contributed by atoms with E-state index in [1.54, 1.807) is 12.2 Å². The third kappa shape index (κ3) is 46.3. The number of aliphatic hydroxyl groups is 1. The van der Waals surface area contributed by atoms with Gasteiger partial charge in [-0.25, -0.2) is 9.13 Å². The highest BCUT2D eigenvalue weighted by Gasteiger charge is 2.28. The molecule has 0 amide bonds. The molecule has 0 saturated heterocycles. The highest BCUT2D eigenvalue weighted by molar-refractivity contribution is 7.47. The molecule has 3 atom stereocenters. The molecule has 14 nitrogen and oxygen atoms in total. The molecular formula is C48H86O14P2. The normalized spacial score (nSPS) is 14.3. The number of ketones is 1. The lowest BCUT2D eigenvalue weighted by atomic mass is 10.0. The number of ether oxygens (including phenoxy) is 2. The Kier molecular flexibility index (Phi) is 40.6. The van der Waals surface area contributed by atoms with Gasteiger partial charge in [0.05, 0.1) is 19.8 Å². The minimum atomic E-state index is -4.89. The molecule has 0 rings (SSSR count). The van der Waals surface area contributed by atoms with Gasteiger partial charge in [0.25, 0.3) is 0 Å². The van der Waals surface area contributed by atoms with Gasteiger partial charge in [0, 0.05) is 19.3 Å². The van der Waals surface area contributed by atoms with Crippen molar-refractivity contribution in [2.45, 2.75) is 206 Å². The van der Waals surface area contributed by atoms with Gasteiger partial charge >= 0.3 is 27.6 Å². The van der Waals surface area contributed by atoms with Gasteiger partial charge in [-0.2, -0.15) is 0 Å². The maximum atomic E-state index is 12.7. The molecule has 372 valence electrons. The van der Waals surface area contributed by atoms with Gasteiger partial charge in [-0.1, -0.05) is 179 Å². The molecule has 64 heavy (non-hydrogen) atoms. The van der Waals surface area contributed by atoms with E-state index in [0.717, 1.165) is 50.9 Å². The molecule has 16 heteroatoms. The summed E-state index contributed by atoms with van der Waals surface area (Å²) < 4.78 is 47.7. The first kappa shape index (κ1) is 61.8. The van der Waals surface area contributed by atoms with E-state index in [1.165, 1.54) is 102 Å². The first-order chi connectivity index (χ1) is 30.6. The fourth-order valence-electron chi connectivity index (χ4n) is 6.43. The zero-order valence-electron chi connectivity index (χ0n) is 39.5. The van der Waals surface area contributed by atoms with Crippen LogP contribution in [0.5, 0.6) is 0 Å². The highest BCUT2D eigenvalue weighted by atomic mass is 31.2. The third-order valence-electron chi connectivity index (χ3n) is 10.1. The molecule has 0 radical (unpaired) electrons. The quantitative estimate of drug-likeness (QED) is 0.0112. The number of allylic oxidation sites excluding steroid dienone is 8. The predicted molar refractivity (Wildman–Crippen MR) is 253 cm³/mol. The number of carbonyl (C=O) groups excluding carboxylic acids is 3. The van der Waals surface area contributed by atoms with Gasteiger partial charge in [0.1, 0.15) is 12.7 Å². The van der Waals surface area contributed by atoms with Gasteiger partial charge in [0.15, 0.2) is 11.9 Å². The van der Waals surface area contributed by atoms with E-state index < -0.39 is 66.2 Å². The second kappa shape index (κ2) is 42.1. The van der Waals surface area contributed by atoms with Crippen molar-refractivity contribution in [2.24, 2.45) is 5.92 Å². The molecular weight excluding hydrogens is 862 g/mol. The van der Waals surface area contributed by atoms with Crippen LogP contribution >= 0.6 is 15.6 Å². The van der Waals surface area contributed by atoms with Gasteiger partial charge < -0.3 is 29.3 Å². The molecule has 0 aliphatic heterocycles. The van der Waals surface area contributed by atoms with Crippen molar-refractivity contribution in [2.75, 3.05) is 26.4 Å². The number of hydrogen-bond donors (Lipinski definition) is 4. The standard InChI is InChI=1S/C48H86O14P2/c1-4-5-6-7-8-9-10-15-19-22-25-28-31-35-44(49)36-33-38-47(51)58-41-46(42-61-64(56,57)60-40-45(50)39-59-63(53,54)55)62-48(52)37-32-29-26-23-20-17-14-12-11-13-16-18-21-24-27-30-34-43(2)3/h8-9,15,19,25,28,31,35,43,45-46,50H,4-7,10-14,16-18,20-24,26-27,29-30,32-34,36-42H2,1-3H3,(H,56,57)(H2,53,54,55)/b9-8-,19-15-,28-25-,35-31+/t45-,46+/m0/s1. The van der Waals surface area contributed by atoms with Crippen LogP contribution in [-0.2, 0) is 46.6 Å². The molecule has 4 N–H and O–H groups in total. The average Bonchev–Trinajstić information content (AvgIpc) is 3.24. The number of aliphatic hydroxyl groups excluding tert-OH is 1. The van der Waals surface area contributed by atoms with Crippen LogP contribution in [0.2, 0.25) is 0 Å². The minimum Gasteiger partial charge on any atom is -0.462 e. The summed E-state index contributed by atoms with van der Waals surface area (Å²) in [7, 11) is -9.75. The van der Waals surface area contributed by atoms with Crippen LogP contribution < -0.4 is 0 Å². The summed E-state index contributed by atoms with van der Waals surface area (Å²) in [6.45, 7) is 3.82. The maximum Gasteiger partial charge on any atom is 0.472 e. The monoisotopic (exact) mass is 949 g/mol. The Morgan fingerprint density at radius 2 is 1.06 bits per heavy atom. The van der Waals surface area contributed by atoms with Crippen LogP contribution in [0, 0.1) is 5.92 Å². The Hall–Kier alpha value is -2.25. The van der Waals surface area contributed by atoms with E-state index in [1.807, 2.05) is 6.08 Å².